The minimum Gasteiger partial charge on any atom is -0.493 e. The smallest absolute Gasteiger partial charge is 0.241 e. The summed E-state index contributed by atoms with van der Waals surface area (Å²) in [5.41, 5.74) is 1.05. The maximum atomic E-state index is 12.5. The van der Waals surface area contributed by atoms with Crippen LogP contribution in [0.2, 0.25) is 0 Å². The highest BCUT2D eigenvalue weighted by molar-refractivity contribution is 9.10. The highest BCUT2D eigenvalue weighted by Gasteiger charge is 2.22. The van der Waals surface area contributed by atoms with E-state index in [2.05, 4.69) is 21.2 Å². The molecule has 158 valence electrons. The molecule has 8 nitrogen and oxygen atoms in total. The molecule has 0 unspecified atom stereocenters. The number of anilines is 1. The van der Waals surface area contributed by atoms with Crippen LogP contribution in [-0.4, -0.2) is 48.5 Å². The Hall–Kier alpha value is -2.46. The van der Waals surface area contributed by atoms with Gasteiger partial charge >= 0.3 is 0 Å². The van der Waals surface area contributed by atoms with E-state index in [1.807, 2.05) is 0 Å². The molecule has 0 bridgehead atoms. The monoisotopic (exact) mass is 486 g/mol. The number of hydrogen-bond donors (Lipinski definition) is 1. The lowest BCUT2D eigenvalue weighted by atomic mass is 10.1. The number of rotatable bonds is 9. The molecule has 0 radical (unpaired) electrons. The molecule has 2 rings (SSSR count). The molecule has 2 aromatic carbocycles. The van der Waals surface area contributed by atoms with Crippen LogP contribution in [-0.2, 0) is 21.4 Å². The van der Waals surface area contributed by atoms with Crippen molar-refractivity contribution in [2.75, 3.05) is 38.4 Å². The number of methoxy groups -OCH3 is 3. The fraction of sp³-hybridized carbons (Fsp3) is 0.316. The Bertz CT molecular complexity index is 981. The van der Waals surface area contributed by atoms with Gasteiger partial charge in [0.25, 0.3) is 0 Å². The van der Waals surface area contributed by atoms with Gasteiger partial charge < -0.3 is 19.5 Å². The van der Waals surface area contributed by atoms with Crippen molar-refractivity contribution < 1.29 is 27.4 Å². The van der Waals surface area contributed by atoms with Gasteiger partial charge in [0, 0.05) is 16.6 Å². The zero-order chi connectivity index (χ0) is 21.6. The van der Waals surface area contributed by atoms with E-state index in [9.17, 15) is 13.2 Å². The van der Waals surface area contributed by atoms with E-state index >= 15 is 0 Å². The number of nitrogens with one attached hydrogen (secondary N) is 1. The third-order valence-electron chi connectivity index (χ3n) is 4.05. The number of hydrogen-bond acceptors (Lipinski definition) is 6. The highest BCUT2D eigenvalue weighted by Crippen LogP contribution is 2.39. The Morgan fingerprint density at radius 1 is 1.07 bits per heavy atom. The van der Waals surface area contributed by atoms with Crippen LogP contribution in [0, 0.1) is 0 Å². The summed E-state index contributed by atoms with van der Waals surface area (Å²) in [5.74, 6) is 0.873. The summed E-state index contributed by atoms with van der Waals surface area (Å²) in [6, 6.07) is 10.2. The van der Waals surface area contributed by atoms with Gasteiger partial charge in [0.15, 0.2) is 11.5 Å². The Morgan fingerprint density at radius 2 is 1.76 bits per heavy atom. The Kier molecular flexibility index (Phi) is 7.74. The molecule has 10 heteroatoms. The van der Waals surface area contributed by atoms with Gasteiger partial charge in [0.05, 0.1) is 33.3 Å². The third-order valence-corrected chi connectivity index (χ3v) is 5.68. The zero-order valence-electron chi connectivity index (χ0n) is 16.6. The van der Waals surface area contributed by atoms with Crippen LogP contribution in [0.3, 0.4) is 0 Å². The molecule has 0 aromatic heterocycles. The molecule has 0 aliphatic rings. The van der Waals surface area contributed by atoms with Crippen LogP contribution in [0.25, 0.3) is 0 Å². The van der Waals surface area contributed by atoms with Crippen molar-refractivity contribution in [2.24, 2.45) is 0 Å². The number of halogens is 1. The molecular formula is C19H23BrN2O6S. The van der Waals surface area contributed by atoms with Gasteiger partial charge in [-0.05, 0) is 30.3 Å². The molecule has 0 saturated carbocycles. The van der Waals surface area contributed by atoms with Crippen molar-refractivity contribution in [1.29, 1.82) is 0 Å². The number of ether oxygens (including phenoxy) is 3. The van der Waals surface area contributed by atoms with Gasteiger partial charge in [-0.3, -0.25) is 9.10 Å². The second kappa shape index (κ2) is 9.84. The second-order valence-corrected chi connectivity index (χ2v) is 8.84. The van der Waals surface area contributed by atoms with E-state index in [0.717, 1.165) is 10.6 Å². The van der Waals surface area contributed by atoms with Crippen LogP contribution in [0.5, 0.6) is 17.2 Å². The molecule has 0 aliphatic heterocycles. The topological polar surface area (TPSA) is 94.2 Å². The fourth-order valence-electron chi connectivity index (χ4n) is 2.71. The lowest BCUT2D eigenvalue weighted by Crippen LogP contribution is -2.40. The van der Waals surface area contributed by atoms with E-state index in [1.54, 1.807) is 36.4 Å². The van der Waals surface area contributed by atoms with Crippen LogP contribution < -0.4 is 23.8 Å². The lowest BCUT2D eigenvalue weighted by Gasteiger charge is -2.22. The quantitative estimate of drug-likeness (QED) is 0.585. The van der Waals surface area contributed by atoms with Crippen molar-refractivity contribution in [1.82, 2.24) is 5.32 Å². The van der Waals surface area contributed by atoms with Gasteiger partial charge in [-0.2, -0.15) is 0 Å². The van der Waals surface area contributed by atoms with E-state index < -0.39 is 15.9 Å². The lowest BCUT2D eigenvalue weighted by molar-refractivity contribution is -0.119. The number of benzene rings is 2. The minimum atomic E-state index is -3.65. The maximum absolute atomic E-state index is 12.5. The SMILES string of the molecule is COc1ccc(CNC(=O)CN(c2cccc(Br)c2)S(C)(=O)=O)c(OC)c1OC. The molecule has 0 atom stereocenters. The zero-order valence-corrected chi connectivity index (χ0v) is 19.0. The van der Waals surface area contributed by atoms with E-state index in [-0.39, 0.29) is 13.1 Å². The van der Waals surface area contributed by atoms with Gasteiger partial charge in [-0.15, -0.1) is 0 Å². The summed E-state index contributed by atoms with van der Waals surface area (Å²) >= 11 is 3.31. The largest absolute Gasteiger partial charge is 0.493 e. The first-order chi connectivity index (χ1) is 13.7. The first kappa shape index (κ1) is 22.8. The standard InChI is InChI=1S/C19H23BrN2O6S/c1-26-16-9-8-13(18(27-2)19(16)28-3)11-21-17(23)12-22(29(4,24)25)15-7-5-6-14(20)10-15/h5-10H,11-12H2,1-4H3,(H,21,23). The highest BCUT2D eigenvalue weighted by atomic mass is 79.9. The van der Waals surface area contributed by atoms with Crippen molar-refractivity contribution in [3.8, 4) is 17.2 Å². The molecular weight excluding hydrogens is 464 g/mol. The van der Waals surface area contributed by atoms with Crippen LogP contribution in [0.1, 0.15) is 5.56 Å². The molecule has 2 aromatic rings. The fourth-order valence-corrected chi connectivity index (χ4v) is 3.95. The first-order valence-corrected chi connectivity index (χ1v) is 11.1. The third kappa shape index (κ3) is 5.77. The summed E-state index contributed by atoms with van der Waals surface area (Å²) in [7, 11) is 0.838. The normalized spacial score (nSPS) is 10.9. The van der Waals surface area contributed by atoms with Gasteiger partial charge in [0.1, 0.15) is 6.54 Å². The molecule has 1 amide bonds. The van der Waals surface area contributed by atoms with Crippen LogP contribution >= 0.6 is 15.9 Å². The van der Waals surface area contributed by atoms with E-state index in [4.69, 9.17) is 14.2 Å². The second-order valence-electron chi connectivity index (χ2n) is 6.02. The summed E-state index contributed by atoms with van der Waals surface area (Å²) in [5, 5.41) is 2.72. The average molecular weight is 487 g/mol. The summed E-state index contributed by atoms with van der Waals surface area (Å²) < 4.78 is 42.1. The Morgan fingerprint density at radius 3 is 2.31 bits per heavy atom. The van der Waals surface area contributed by atoms with E-state index in [1.165, 1.54) is 21.3 Å². The molecule has 0 fully saturated rings. The van der Waals surface area contributed by atoms with Crippen molar-refractivity contribution in [2.45, 2.75) is 6.54 Å². The minimum absolute atomic E-state index is 0.123. The van der Waals surface area contributed by atoms with Crippen LogP contribution in [0.4, 0.5) is 5.69 Å². The van der Waals surface area contributed by atoms with Crippen molar-refractivity contribution in [3.05, 3.63) is 46.4 Å². The molecule has 0 heterocycles. The van der Waals surface area contributed by atoms with Crippen molar-refractivity contribution >= 4 is 37.5 Å². The number of nitrogens with zero attached hydrogens (tertiary/aromatic N) is 1. The molecule has 29 heavy (non-hydrogen) atoms. The average Bonchev–Trinajstić information content (AvgIpc) is 2.68. The molecule has 1 N–H and O–H groups in total. The molecule has 0 spiro atoms. The number of carbonyl (C=O) groups is 1. The van der Waals surface area contributed by atoms with E-state index in [0.29, 0.717) is 33.0 Å². The van der Waals surface area contributed by atoms with Crippen molar-refractivity contribution in [3.63, 3.8) is 0 Å². The van der Waals surface area contributed by atoms with Crippen LogP contribution in [0.15, 0.2) is 40.9 Å². The predicted molar refractivity (Wildman–Crippen MR) is 114 cm³/mol. The molecule has 0 aliphatic carbocycles. The summed E-state index contributed by atoms with van der Waals surface area (Å²) in [4.78, 5) is 12.5. The van der Waals surface area contributed by atoms with Gasteiger partial charge in [-0.1, -0.05) is 22.0 Å². The van der Waals surface area contributed by atoms with Gasteiger partial charge in [-0.25, -0.2) is 8.42 Å². The summed E-state index contributed by atoms with van der Waals surface area (Å²) in [6.07, 6.45) is 1.05. The summed E-state index contributed by atoms with van der Waals surface area (Å²) in [6.45, 7) is -0.233. The Labute approximate surface area is 178 Å². The Balaban J connectivity index is 2.18. The van der Waals surface area contributed by atoms with Gasteiger partial charge in [0.2, 0.25) is 21.7 Å². The predicted octanol–water partition coefficient (Wildman–Crippen LogP) is 2.56. The number of sulfonamides is 1. The number of carbonyl (C=O) groups excluding carboxylic acids is 1. The molecule has 0 saturated heterocycles. The maximum Gasteiger partial charge on any atom is 0.241 e. The first-order valence-electron chi connectivity index (χ1n) is 8.49. The number of amides is 1.